The fourth-order valence-corrected chi connectivity index (χ4v) is 2.87. The van der Waals surface area contributed by atoms with Gasteiger partial charge in [0.15, 0.2) is 0 Å². The summed E-state index contributed by atoms with van der Waals surface area (Å²) in [5, 5.41) is 13.7. The highest BCUT2D eigenvalue weighted by Crippen LogP contribution is 2.24. The number of hydrogen-bond acceptors (Lipinski definition) is 5. The second-order valence-electron chi connectivity index (χ2n) is 6.39. The van der Waals surface area contributed by atoms with E-state index in [-0.39, 0.29) is 0 Å². The lowest BCUT2D eigenvalue weighted by atomic mass is 10.1. The van der Waals surface area contributed by atoms with Crippen LogP contribution in [-0.2, 0) is 13.5 Å². The second-order valence-corrected chi connectivity index (χ2v) is 6.39. The number of nitrogens with zero attached hydrogens (tertiary/aromatic N) is 5. The minimum absolute atomic E-state index is 0.363. The van der Waals surface area contributed by atoms with E-state index in [1.54, 1.807) is 12.3 Å². The van der Waals surface area contributed by atoms with Gasteiger partial charge in [-0.15, -0.1) is 0 Å². The third-order valence-corrected chi connectivity index (χ3v) is 4.43. The maximum Gasteiger partial charge on any atom is 0.126 e. The van der Waals surface area contributed by atoms with Gasteiger partial charge in [-0.25, -0.2) is 9.97 Å². The molecule has 4 rings (SSSR count). The monoisotopic (exact) mass is 382 g/mol. The van der Waals surface area contributed by atoms with Gasteiger partial charge in [-0.2, -0.15) is 5.26 Å². The lowest BCUT2D eigenvalue weighted by Gasteiger charge is -2.06. The average Bonchev–Trinajstić information content (AvgIpc) is 3.19. The molecule has 0 spiro atoms. The summed E-state index contributed by atoms with van der Waals surface area (Å²) in [6.45, 7) is 3.62. The van der Waals surface area contributed by atoms with Crippen LogP contribution in [0.4, 0.5) is 5.82 Å². The molecular weight excluding hydrogens is 360 g/mol. The van der Waals surface area contributed by atoms with E-state index in [1.807, 2.05) is 55.6 Å². The van der Waals surface area contributed by atoms with Gasteiger partial charge in [0.25, 0.3) is 0 Å². The van der Waals surface area contributed by atoms with Crippen LogP contribution in [0.1, 0.15) is 11.3 Å². The highest BCUT2D eigenvalue weighted by Gasteiger charge is 2.04. The van der Waals surface area contributed by atoms with Crippen molar-refractivity contribution < 1.29 is 0 Å². The van der Waals surface area contributed by atoms with E-state index >= 15 is 0 Å². The summed E-state index contributed by atoms with van der Waals surface area (Å²) in [7, 11) is 3.87. The Morgan fingerprint density at radius 1 is 1.14 bits per heavy atom. The molecule has 0 aliphatic heterocycles. The first-order valence-electron chi connectivity index (χ1n) is 9.13. The fraction of sp³-hybridized carbons (Fsp3) is 0.130. The van der Waals surface area contributed by atoms with Gasteiger partial charge in [0.2, 0.25) is 0 Å². The Morgan fingerprint density at radius 3 is 2.69 bits per heavy atom. The van der Waals surface area contributed by atoms with Crippen LogP contribution in [0.25, 0.3) is 28.1 Å². The molecule has 1 aromatic carbocycles. The highest BCUT2D eigenvalue weighted by molar-refractivity contribution is 5.87. The van der Waals surface area contributed by atoms with Gasteiger partial charge in [0.05, 0.1) is 36.4 Å². The van der Waals surface area contributed by atoms with E-state index in [9.17, 15) is 0 Å². The molecule has 6 heteroatoms. The maximum absolute atomic E-state index is 8.37. The number of pyridine rings is 2. The molecule has 0 amide bonds. The first kappa shape index (κ1) is 19.8. The first-order valence-corrected chi connectivity index (χ1v) is 9.13. The minimum Gasteiger partial charge on any atom is -0.373 e. The molecule has 0 saturated carbocycles. The van der Waals surface area contributed by atoms with E-state index in [0.717, 1.165) is 33.7 Å². The van der Waals surface area contributed by atoms with Gasteiger partial charge < -0.3 is 9.88 Å². The van der Waals surface area contributed by atoms with Gasteiger partial charge in [-0.3, -0.25) is 4.98 Å². The topological polar surface area (TPSA) is 79.4 Å². The van der Waals surface area contributed by atoms with Crippen LogP contribution in [0.2, 0.25) is 0 Å². The van der Waals surface area contributed by atoms with Crippen molar-refractivity contribution >= 4 is 22.7 Å². The zero-order valence-corrected chi connectivity index (χ0v) is 16.5. The largest absolute Gasteiger partial charge is 0.373 e. The molecule has 6 nitrogen and oxygen atoms in total. The van der Waals surface area contributed by atoms with Gasteiger partial charge in [-0.1, -0.05) is 24.8 Å². The summed E-state index contributed by atoms with van der Waals surface area (Å²) in [4.78, 5) is 12.5. The molecule has 3 aromatic heterocycles. The number of rotatable bonds is 4. The molecule has 3 heterocycles. The lowest BCUT2D eigenvalue weighted by molar-refractivity contribution is 0.921. The maximum atomic E-state index is 8.37. The van der Waals surface area contributed by atoms with Crippen molar-refractivity contribution in [3.8, 4) is 17.3 Å². The average molecular weight is 382 g/mol. The number of nitriles is 1. The van der Waals surface area contributed by atoms with Crippen molar-refractivity contribution in [1.82, 2.24) is 19.5 Å². The first-order chi connectivity index (χ1) is 14.1. The van der Waals surface area contributed by atoms with Crippen molar-refractivity contribution in [1.29, 1.82) is 5.26 Å². The lowest BCUT2D eigenvalue weighted by Crippen LogP contribution is -1.92. The highest BCUT2D eigenvalue weighted by atomic mass is 15.0. The van der Waals surface area contributed by atoms with Crippen LogP contribution in [0.5, 0.6) is 0 Å². The number of imidazole rings is 1. The SMILES string of the molecule is C=Cc1ccnc(CC#N)c1.CNc1cc2cc(-c3cncn3C)ccc2cn1. The standard InChI is InChI=1S/C14H14N4.C9H8N2/c1-15-14-6-12-5-10(3-4-11(12)7-17-14)13-8-16-9-18(13)2;1-2-8-4-6-11-9(7-8)3-5-10/h3-9H,1-2H3,(H,15,17);2,4,6-7H,1,3H2. The van der Waals surface area contributed by atoms with E-state index in [0.29, 0.717) is 6.42 Å². The molecule has 0 aliphatic rings. The van der Waals surface area contributed by atoms with Crippen LogP contribution in [0.3, 0.4) is 0 Å². The third kappa shape index (κ3) is 4.85. The predicted molar refractivity (Wildman–Crippen MR) is 117 cm³/mol. The molecule has 29 heavy (non-hydrogen) atoms. The number of benzene rings is 1. The number of fused-ring (bicyclic) bond motifs is 1. The quantitative estimate of drug-likeness (QED) is 0.563. The normalized spacial score (nSPS) is 9.97. The summed E-state index contributed by atoms with van der Waals surface area (Å²) in [6.07, 6.45) is 9.36. The van der Waals surface area contributed by atoms with Crippen LogP contribution in [0, 0.1) is 11.3 Å². The zero-order valence-electron chi connectivity index (χ0n) is 16.5. The van der Waals surface area contributed by atoms with Crippen molar-refractivity contribution in [2.24, 2.45) is 7.05 Å². The molecule has 1 N–H and O–H groups in total. The molecule has 0 saturated heterocycles. The Hall–Kier alpha value is -3.98. The smallest absolute Gasteiger partial charge is 0.126 e. The van der Waals surface area contributed by atoms with Gasteiger partial charge in [0, 0.05) is 37.4 Å². The van der Waals surface area contributed by atoms with Crippen LogP contribution < -0.4 is 5.32 Å². The van der Waals surface area contributed by atoms with Crippen molar-refractivity contribution in [2.75, 3.05) is 12.4 Å². The minimum atomic E-state index is 0.363. The van der Waals surface area contributed by atoms with E-state index in [2.05, 4.69) is 51.1 Å². The van der Waals surface area contributed by atoms with Crippen LogP contribution in [-0.4, -0.2) is 26.6 Å². The molecular formula is C23H22N6. The molecule has 144 valence electrons. The van der Waals surface area contributed by atoms with Crippen molar-refractivity contribution in [3.05, 3.63) is 79.2 Å². The third-order valence-electron chi connectivity index (χ3n) is 4.43. The number of anilines is 1. The zero-order chi connectivity index (χ0) is 20.6. The molecule has 0 fully saturated rings. The summed E-state index contributed by atoms with van der Waals surface area (Å²) < 4.78 is 2.02. The fourth-order valence-electron chi connectivity index (χ4n) is 2.87. The summed E-state index contributed by atoms with van der Waals surface area (Å²) in [5.41, 5.74) is 4.07. The number of aryl methyl sites for hydroxylation is 1. The van der Waals surface area contributed by atoms with E-state index in [4.69, 9.17) is 5.26 Å². The van der Waals surface area contributed by atoms with Crippen LogP contribution in [0.15, 0.2) is 67.9 Å². The molecule has 0 radical (unpaired) electrons. The Morgan fingerprint density at radius 2 is 2.00 bits per heavy atom. The number of nitrogens with one attached hydrogen (secondary N) is 1. The van der Waals surface area contributed by atoms with Gasteiger partial charge in [-0.05, 0) is 35.2 Å². The van der Waals surface area contributed by atoms with E-state index < -0.39 is 0 Å². The molecule has 0 atom stereocenters. The Bertz CT molecular complexity index is 1170. The predicted octanol–water partition coefficient (Wildman–Crippen LogP) is 4.47. The molecule has 4 aromatic rings. The van der Waals surface area contributed by atoms with Gasteiger partial charge >= 0.3 is 0 Å². The number of hydrogen-bond donors (Lipinski definition) is 1. The van der Waals surface area contributed by atoms with Crippen molar-refractivity contribution in [2.45, 2.75) is 6.42 Å². The van der Waals surface area contributed by atoms with E-state index in [1.165, 1.54) is 5.39 Å². The molecule has 0 bridgehead atoms. The number of aromatic nitrogens is 4. The Kier molecular flexibility index (Phi) is 6.33. The molecule has 0 aliphatic carbocycles. The van der Waals surface area contributed by atoms with Crippen LogP contribution >= 0.6 is 0 Å². The van der Waals surface area contributed by atoms with Crippen molar-refractivity contribution in [3.63, 3.8) is 0 Å². The molecule has 0 unspecified atom stereocenters. The summed E-state index contributed by atoms with van der Waals surface area (Å²) in [5.74, 6) is 0.879. The summed E-state index contributed by atoms with van der Waals surface area (Å²) in [6, 6.07) is 14.1. The Labute approximate surface area is 170 Å². The Balaban J connectivity index is 0.000000188. The van der Waals surface area contributed by atoms with Gasteiger partial charge in [0.1, 0.15) is 5.82 Å². The second kappa shape index (κ2) is 9.29. The summed E-state index contributed by atoms with van der Waals surface area (Å²) >= 11 is 0.